The van der Waals surface area contributed by atoms with Crippen LogP contribution in [-0.4, -0.2) is 40.6 Å². The molecule has 0 aliphatic heterocycles. The monoisotopic (exact) mass is 431 g/mol. The van der Waals surface area contributed by atoms with Crippen LogP contribution in [0.1, 0.15) is 27.3 Å². The highest BCUT2D eigenvalue weighted by molar-refractivity contribution is 6.10. The Morgan fingerprint density at radius 1 is 1.09 bits per heavy atom. The molecule has 1 heterocycles. The maximum atomic E-state index is 13.2. The fourth-order valence-corrected chi connectivity index (χ4v) is 3.14. The second-order valence-electron chi connectivity index (χ2n) is 7.37. The molecule has 0 saturated carbocycles. The second kappa shape index (κ2) is 9.27. The van der Waals surface area contributed by atoms with Crippen molar-refractivity contribution in [2.24, 2.45) is 0 Å². The zero-order valence-electron chi connectivity index (χ0n) is 18.2. The molecule has 0 aliphatic rings. The van der Waals surface area contributed by atoms with Crippen molar-refractivity contribution in [1.29, 1.82) is 5.26 Å². The van der Waals surface area contributed by atoms with Crippen molar-refractivity contribution in [2.75, 3.05) is 19.4 Å². The summed E-state index contributed by atoms with van der Waals surface area (Å²) in [4.78, 5) is 26.1. The molecule has 0 atom stereocenters. The number of nitriles is 1. The number of aryl methyl sites for hydroxylation is 1. The number of aromatic nitrogens is 2. The van der Waals surface area contributed by atoms with Crippen LogP contribution in [-0.2, 0) is 4.79 Å². The third-order valence-corrected chi connectivity index (χ3v) is 4.87. The molecule has 1 aromatic heterocycles. The normalized spacial score (nSPS) is 11.1. The lowest BCUT2D eigenvalue weighted by Crippen LogP contribution is -2.21. The minimum absolute atomic E-state index is 0.0942. The Morgan fingerprint density at radius 2 is 1.72 bits per heavy atom. The molecule has 0 radical (unpaired) electrons. The standard InChI is InChI=1S/C24H22FN5O2/c1-15-22(16(2)30(28-15)21-11-7-19(25)8-12-21)13-18(14-26)23(31)27-20-9-5-17(6-10-20)24(32)29(3)4/h5-13H,1-4H3,(H,27,31)/b18-13+. The van der Waals surface area contributed by atoms with Gasteiger partial charge in [0.05, 0.1) is 11.4 Å². The van der Waals surface area contributed by atoms with Gasteiger partial charge >= 0.3 is 0 Å². The van der Waals surface area contributed by atoms with E-state index in [9.17, 15) is 19.2 Å². The number of nitrogens with zero attached hydrogens (tertiary/aromatic N) is 4. The summed E-state index contributed by atoms with van der Waals surface area (Å²) in [5.74, 6) is -1.07. The number of benzene rings is 2. The number of carbonyl (C=O) groups excluding carboxylic acids is 2. The van der Waals surface area contributed by atoms with Crippen LogP contribution < -0.4 is 5.32 Å². The van der Waals surface area contributed by atoms with Gasteiger partial charge in [-0.1, -0.05) is 0 Å². The zero-order valence-corrected chi connectivity index (χ0v) is 18.2. The first kappa shape index (κ1) is 22.4. The summed E-state index contributed by atoms with van der Waals surface area (Å²) in [7, 11) is 3.31. The summed E-state index contributed by atoms with van der Waals surface area (Å²) < 4.78 is 14.9. The van der Waals surface area contributed by atoms with Gasteiger partial charge in [0.2, 0.25) is 0 Å². The van der Waals surface area contributed by atoms with Crippen molar-refractivity contribution in [3.8, 4) is 11.8 Å². The maximum absolute atomic E-state index is 13.2. The van der Waals surface area contributed by atoms with E-state index in [1.54, 1.807) is 62.1 Å². The summed E-state index contributed by atoms with van der Waals surface area (Å²) in [6.45, 7) is 3.58. The first-order valence-corrected chi connectivity index (χ1v) is 9.78. The molecule has 8 heteroatoms. The number of halogens is 1. The van der Waals surface area contributed by atoms with Gasteiger partial charge in [0.1, 0.15) is 17.5 Å². The van der Waals surface area contributed by atoms with Gasteiger partial charge in [0, 0.05) is 36.6 Å². The third kappa shape index (κ3) is 4.73. The van der Waals surface area contributed by atoms with Gasteiger partial charge in [-0.25, -0.2) is 9.07 Å². The van der Waals surface area contributed by atoms with Crippen molar-refractivity contribution in [3.63, 3.8) is 0 Å². The molecule has 162 valence electrons. The van der Waals surface area contributed by atoms with Crippen LogP contribution in [0.15, 0.2) is 54.1 Å². The van der Waals surface area contributed by atoms with Gasteiger partial charge in [-0.05, 0) is 68.5 Å². The van der Waals surface area contributed by atoms with Crippen LogP contribution in [0.3, 0.4) is 0 Å². The van der Waals surface area contributed by atoms with Crippen molar-refractivity contribution < 1.29 is 14.0 Å². The van der Waals surface area contributed by atoms with Crippen LogP contribution in [0.25, 0.3) is 11.8 Å². The maximum Gasteiger partial charge on any atom is 0.266 e. The van der Waals surface area contributed by atoms with E-state index in [-0.39, 0.29) is 17.3 Å². The number of anilines is 1. The molecule has 3 rings (SSSR count). The Balaban J connectivity index is 1.84. The smallest absolute Gasteiger partial charge is 0.266 e. The van der Waals surface area contributed by atoms with E-state index in [1.165, 1.54) is 23.1 Å². The van der Waals surface area contributed by atoms with Crippen molar-refractivity contribution >= 4 is 23.6 Å². The summed E-state index contributed by atoms with van der Waals surface area (Å²) in [5, 5.41) is 16.7. The van der Waals surface area contributed by atoms with Gasteiger partial charge in [-0.2, -0.15) is 10.4 Å². The number of hydrogen-bond donors (Lipinski definition) is 1. The molecule has 3 aromatic rings. The average Bonchev–Trinajstić information content (AvgIpc) is 3.05. The van der Waals surface area contributed by atoms with Crippen LogP contribution in [0.2, 0.25) is 0 Å². The van der Waals surface area contributed by atoms with Gasteiger partial charge in [-0.3, -0.25) is 9.59 Å². The summed E-state index contributed by atoms with van der Waals surface area (Å²) >= 11 is 0. The Hall–Kier alpha value is -4.25. The van der Waals surface area contributed by atoms with Crippen LogP contribution >= 0.6 is 0 Å². The number of nitrogens with one attached hydrogen (secondary N) is 1. The van der Waals surface area contributed by atoms with E-state index < -0.39 is 5.91 Å². The predicted molar refractivity (Wildman–Crippen MR) is 120 cm³/mol. The molecule has 0 aliphatic carbocycles. The molecule has 0 bridgehead atoms. The van der Waals surface area contributed by atoms with E-state index >= 15 is 0 Å². The zero-order chi connectivity index (χ0) is 23.4. The lowest BCUT2D eigenvalue weighted by Gasteiger charge is -2.11. The number of rotatable bonds is 5. The van der Waals surface area contributed by atoms with Gasteiger partial charge < -0.3 is 10.2 Å². The molecule has 1 N–H and O–H groups in total. The predicted octanol–water partition coefficient (Wildman–Crippen LogP) is 3.88. The number of amides is 2. The van der Waals surface area contributed by atoms with E-state index in [4.69, 9.17) is 0 Å². The highest BCUT2D eigenvalue weighted by atomic mass is 19.1. The fraction of sp³-hybridized carbons (Fsp3) is 0.167. The van der Waals surface area contributed by atoms with Gasteiger partial charge in [0.15, 0.2) is 0 Å². The first-order chi connectivity index (χ1) is 15.2. The van der Waals surface area contributed by atoms with Crippen LogP contribution in [0.4, 0.5) is 10.1 Å². The minimum atomic E-state index is -0.576. The topological polar surface area (TPSA) is 91.0 Å². The first-order valence-electron chi connectivity index (χ1n) is 9.78. The third-order valence-electron chi connectivity index (χ3n) is 4.87. The molecule has 32 heavy (non-hydrogen) atoms. The number of hydrogen-bond acceptors (Lipinski definition) is 4. The molecule has 2 amide bonds. The quantitative estimate of drug-likeness (QED) is 0.490. The van der Waals surface area contributed by atoms with E-state index in [0.29, 0.717) is 33.9 Å². The molecule has 0 unspecified atom stereocenters. The highest BCUT2D eigenvalue weighted by Gasteiger charge is 2.16. The Kier molecular flexibility index (Phi) is 6.50. The molecule has 0 fully saturated rings. The summed E-state index contributed by atoms with van der Waals surface area (Å²) in [6, 6.07) is 14.2. The van der Waals surface area contributed by atoms with E-state index in [2.05, 4.69) is 10.4 Å². The van der Waals surface area contributed by atoms with E-state index in [1.807, 2.05) is 13.0 Å². The van der Waals surface area contributed by atoms with E-state index in [0.717, 1.165) is 0 Å². The second-order valence-corrected chi connectivity index (χ2v) is 7.37. The fourth-order valence-electron chi connectivity index (χ4n) is 3.14. The van der Waals surface area contributed by atoms with Gasteiger partial charge in [-0.15, -0.1) is 0 Å². The molecule has 7 nitrogen and oxygen atoms in total. The van der Waals surface area contributed by atoms with Crippen LogP contribution in [0.5, 0.6) is 0 Å². The minimum Gasteiger partial charge on any atom is -0.345 e. The summed E-state index contributed by atoms with van der Waals surface area (Å²) in [5.41, 5.74) is 3.49. The lowest BCUT2D eigenvalue weighted by atomic mass is 10.1. The average molecular weight is 431 g/mol. The molecule has 0 spiro atoms. The Morgan fingerprint density at radius 3 is 2.28 bits per heavy atom. The molecular formula is C24H22FN5O2. The van der Waals surface area contributed by atoms with Gasteiger partial charge in [0.25, 0.3) is 11.8 Å². The van der Waals surface area contributed by atoms with Crippen molar-refractivity contribution in [2.45, 2.75) is 13.8 Å². The molecular weight excluding hydrogens is 409 g/mol. The summed E-state index contributed by atoms with van der Waals surface area (Å²) in [6.07, 6.45) is 1.48. The molecule has 0 saturated heterocycles. The Bertz CT molecular complexity index is 1230. The SMILES string of the molecule is Cc1nn(-c2ccc(F)cc2)c(C)c1/C=C(\C#N)C(=O)Nc1ccc(C(=O)N(C)C)cc1. The number of carbonyl (C=O) groups is 2. The molecule has 2 aromatic carbocycles. The Labute approximate surface area is 185 Å². The van der Waals surface area contributed by atoms with Crippen molar-refractivity contribution in [1.82, 2.24) is 14.7 Å². The largest absolute Gasteiger partial charge is 0.345 e. The highest BCUT2D eigenvalue weighted by Crippen LogP contribution is 2.21. The van der Waals surface area contributed by atoms with Crippen LogP contribution in [0, 0.1) is 31.0 Å². The van der Waals surface area contributed by atoms with Crippen molar-refractivity contribution in [3.05, 3.63) is 82.4 Å². The lowest BCUT2D eigenvalue weighted by molar-refractivity contribution is -0.112.